The Morgan fingerprint density at radius 2 is 1.69 bits per heavy atom. The van der Waals surface area contributed by atoms with Gasteiger partial charge in [-0.2, -0.15) is 0 Å². The first-order valence-corrected chi connectivity index (χ1v) is 11.2. The van der Waals surface area contributed by atoms with Gasteiger partial charge < -0.3 is 5.11 Å². The van der Waals surface area contributed by atoms with Crippen molar-refractivity contribution in [1.82, 2.24) is 0 Å². The highest BCUT2D eigenvalue weighted by Gasteiger charge is 2.45. The van der Waals surface area contributed by atoms with Gasteiger partial charge in [-0.25, -0.2) is 0 Å². The van der Waals surface area contributed by atoms with Gasteiger partial charge in [-0.05, 0) is 93.6 Å². The molecule has 0 fully saturated rings. The predicted octanol–water partition coefficient (Wildman–Crippen LogP) is 6.87. The van der Waals surface area contributed by atoms with Gasteiger partial charge in [0.15, 0.2) is 5.75 Å². The van der Waals surface area contributed by atoms with Crippen molar-refractivity contribution in [3.8, 4) is 16.2 Å². The lowest BCUT2D eigenvalue weighted by Gasteiger charge is -2.49. The van der Waals surface area contributed by atoms with E-state index in [0.29, 0.717) is 11.8 Å². The summed E-state index contributed by atoms with van der Waals surface area (Å²) in [6.45, 7) is 14.3. The van der Waals surface area contributed by atoms with Crippen LogP contribution in [-0.2, 0) is 10.8 Å². The molecule has 3 aromatic rings. The van der Waals surface area contributed by atoms with Crippen molar-refractivity contribution < 1.29 is 5.11 Å². The molecule has 0 bridgehead atoms. The second-order valence-corrected chi connectivity index (χ2v) is 11.2. The fourth-order valence-corrected chi connectivity index (χ4v) is 6.32. The van der Waals surface area contributed by atoms with E-state index in [-0.39, 0.29) is 22.0 Å². The van der Waals surface area contributed by atoms with Crippen LogP contribution in [0.25, 0.3) is 20.5 Å². The number of thiophene rings is 1. The predicted molar refractivity (Wildman–Crippen MR) is 124 cm³/mol. The second-order valence-electron chi connectivity index (χ2n) is 10.1. The van der Waals surface area contributed by atoms with Crippen LogP contribution in [0.3, 0.4) is 0 Å². The van der Waals surface area contributed by atoms with Gasteiger partial charge in [0.2, 0.25) is 5.43 Å². The van der Waals surface area contributed by atoms with Gasteiger partial charge in [-0.1, -0.05) is 41.5 Å². The lowest BCUT2D eigenvalue weighted by molar-refractivity contribution is 0.162. The molecule has 0 radical (unpaired) electrons. The van der Waals surface area contributed by atoms with Crippen LogP contribution >= 0.6 is 11.3 Å². The molecule has 3 heteroatoms. The van der Waals surface area contributed by atoms with E-state index in [4.69, 9.17) is 0 Å². The summed E-state index contributed by atoms with van der Waals surface area (Å²) in [5, 5.41) is 11.0. The average Bonchev–Trinajstić information content (AvgIpc) is 2.98. The van der Waals surface area contributed by atoms with Gasteiger partial charge in [0.25, 0.3) is 0 Å². The van der Waals surface area contributed by atoms with Crippen molar-refractivity contribution in [3.63, 3.8) is 0 Å². The summed E-state index contributed by atoms with van der Waals surface area (Å²) >= 11 is 1.75. The van der Waals surface area contributed by atoms with Gasteiger partial charge in [-0.15, -0.1) is 11.3 Å². The van der Waals surface area contributed by atoms with Crippen molar-refractivity contribution >= 4 is 21.4 Å². The molecule has 0 saturated heterocycles. The molecule has 2 nitrogen and oxygen atoms in total. The Kier molecular flexibility index (Phi) is 4.66. The number of aromatic hydroxyl groups is 1. The maximum absolute atomic E-state index is 11.7. The van der Waals surface area contributed by atoms with Crippen molar-refractivity contribution in [2.24, 2.45) is 11.8 Å². The highest BCUT2D eigenvalue weighted by atomic mass is 32.1. The van der Waals surface area contributed by atoms with E-state index >= 15 is 0 Å². The summed E-state index contributed by atoms with van der Waals surface area (Å²) in [5.74, 6) is 1.08. The van der Waals surface area contributed by atoms with Crippen LogP contribution in [0.2, 0.25) is 0 Å². The van der Waals surface area contributed by atoms with Crippen molar-refractivity contribution in [1.29, 1.82) is 0 Å². The zero-order valence-corrected chi connectivity index (χ0v) is 19.0. The number of hydrogen-bond donors (Lipinski definition) is 1. The maximum atomic E-state index is 11.7. The Balaban J connectivity index is 1.91. The molecular formula is C26H30O2S. The molecule has 1 aromatic heterocycles. The minimum Gasteiger partial charge on any atom is -0.504 e. The largest absolute Gasteiger partial charge is 0.504 e. The molecule has 0 spiro atoms. The monoisotopic (exact) mass is 406 g/mol. The second kappa shape index (κ2) is 6.70. The molecule has 1 N–H and O–H groups in total. The topological polar surface area (TPSA) is 37.3 Å². The highest BCUT2D eigenvalue weighted by Crippen LogP contribution is 2.53. The van der Waals surface area contributed by atoms with Crippen LogP contribution in [0.15, 0.2) is 47.3 Å². The normalized spacial score (nSPS) is 20.0. The first-order valence-electron chi connectivity index (χ1n) is 10.4. The molecule has 1 heterocycles. The van der Waals surface area contributed by atoms with Crippen LogP contribution in [0.1, 0.15) is 59.1 Å². The van der Waals surface area contributed by atoms with Gasteiger partial charge in [0.05, 0.1) is 0 Å². The molecule has 1 aliphatic carbocycles. The quantitative estimate of drug-likeness (QED) is 0.504. The Labute approximate surface area is 177 Å². The molecule has 0 aliphatic heterocycles. The van der Waals surface area contributed by atoms with Crippen LogP contribution in [-0.4, -0.2) is 5.11 Å². The SMILES string of the molecule is CC(C)C1CC(C)(C)c2cc3sc(-c4ccc(O)c(=O)cc4)cc3cc2C1(C)C. The summed E-state index contributed by atoms with van der Waals surface area (Å²) in [4.78, 5) is 12.8. The molecule has 1 aliphatic rings. The molecule has 1 unspecified atom stereocenters. The van der Waals surface area contributed by atoms with Crippen molar-refractivity contribution in [2.75, 3.05) is 0 Å². The number of benzene rings is 1. The first kappa shape index (κ1) is 20.2. The van der Waals surface area contributed by atoms with Gasteiger partial charge in [-0.3, -0.25) is 4.79 Å². The zero-order valence-electron chi connectivity index (χ0n) is 18.2. The van der Waals surface area contributed by atoms with Crippen LogP contribution < -0.4 is 5.43 Å². The third-order valence-electron chi connectivity index (χ3n) is 6.91. The zero-order chi connectivity index (χ0) is 21.1. The van der Waals surface area contributed by atoms with E-state index < -0.39 is 0 Å². The minimum absolute atomic E-state index is 0.137. The van der Waals surface area contributed by atoms with Gasteiger partial charge in [0.1, 0.15) is 0 Å². The van der Waals surface area contributed by atoms with Gasteiger partial charge in [0, 0.05) is 9.58 Å². The smallest absolute Gasteiger partial charge is 0.220 e. The Morgan fingerprint density at radius 3 is 2.38 bits per heavy atom. The summed E-state index contributed by atoms with van der Waals surface area (Å²) < 4.78 is 1.28. The Bertz CT molecular complexity index is 1150. The van der Waals surface area contributed by atoms with E-state index in [0.717, 1.165) is 10.4 Å². The Hall–Kier alpha value is -2.13. The molecule has 0 saturated carbocycles. The lowest BCUT2D eigenvalue weighted by atomic mass is 9.55. The standard InChI is InChI=1S/C26H30O2S/c1-15(2)20-14-25(3,4)18-13-24-17(11-19(18)26(20,5)6)12-23(29-24)16-7-9-21(27)22(28)10-8-16/h7-13,15,20H,14H2,1-6H3,(H,27,28). The summed E-state index contributed by atoms with van der Waals surface area (Å²) in [7, 11) is 0. The number of hydrogen-bond acceptors (Lipinski definition) is 3. The molecule has 29 heavy (non-hydrogen) atoms. The third kappa shape index (κ3) is 3.30. The highest BCUT2D eigenvalue weighted by molar-refractivity contribution is 7.22. The maximum Gasteiger partial charge on any atom is 0.220 e. The van der Waals surface area contributed by atoms with E-state index in [1.807, 2.05) is 6.07 Å². The van der Waals surface area contributed by atoms with Crippen molar-refractivity contribution in [3.05, 3.63) is 63.8 Å². The summed E-state index contributed by atoms with van der Waals surface area (Å²) in [5.41, 5.74) is 3.84. The Morgan fingerprint density at radius 1 is 1.00 bits per heavy atom. The summed E-state index contributed by atoms with van der Waals surface area (Å²) in [6.07, 6.45) is 1.20. The van der Waals surface area contributed by atoms with Gasteiger partial charge >= 0.3 is 0 Å². The number of fused-ring (bicyclic) bond motifs is 2. The molecule has 4 rings (SSSR count). The third-order valence-corrected chi connectivity index (χ3v) is 8.06. The van der Waals surface area contributed by atoms with E-state index in [9.17, 15) is 9.90 Å². The minimum atomic E-state index is -0.351. The number of rotatable bonds is 2. The molecular weight excluding hydrogens is 376 g/mol. The molecule has 0 amide bonds. The molecule has 152 valence electrons. The van der Waals surface area contributed by atoms with E-state index in [2.05, 4.69) is 59.7 Å². The summed E-state index contributed by atoms with van der Waals surface area (Å²) in [6, 6.07) is 13.6. The van der Waals surface area contributed by atoms with E-state index in [1.54, 1.807) is 17.4 Å². The van der Waals surface area contributed by atoms with Crippen LogP contribution in [0.5, 0.6) is 5.75 Å². The molecule has 1 atom stereocenters. The average molecular weight is 407 g/mol. The lowest BCUT2D eigenvalue weighted by Crippen LogP contribution is -2.43. The fraction of sp³-hybridized carbons (Fsp3) is 0.423. The first-order chi connectivity index (χ1) is 13.5. The van der Waals surface area contributed by atoms with Crippen LogP contribution in [0, 0.1) is 11.8 Å². The molecule has 2 aromatic carbocycles. The van der Waals surface area contributed by atoms with Crippen molar-refractivity contribution in [2.45, 2.75) is 58.8 Å². The fourth-order valence-electron chi connectivity index (χ4n) is 5.23. The van der Waals surface area contributed by atoms with Crippen LogP contribution in [0.4, 0.5) is 0 Å². The van der Waals surface area contributed by atoms with E-state index in [1.165, 1.54) is 39.8 Å².